The topological polar surface area (TPSA) is 83.5 Å². The maximum Gasteiger partial charge on any atom is 0.265 e. The van der Waals surface area contributed by atoms with E-state index in [9.17, 15) is 9.59 Å². The van der Waals surface area contributed by atoms with Crippen LogP contribution in [0.15, 0.2) is 41.5 Å². The van der Waals surface area contributed by atoms with Gasteiger partial charge in [0, 0.05) is 18.0 Å². The first kappa shape index (κ1) is 18.5. The molecule has 4 rings (SSSR count). The van der Waals surface area contributed by atoms with Crippen LogP contribution in [0.5, 0.6) is 5.75 Å². The van der Waals surface area contributed by atoms with E-state index in [2.05, 4.69) is 15.4 Å². The van der Waals surface area contributed by atoms with Crippen LogP contribution < -0.4 is 20.0 Å². The molecule has 1 aromatic carbocycles. The van der Waals surface area contributed by atoms with Crippen LogP contribution in [0.1, 0.15) is 4.88 Å². The van der Waals surface area contributed by atoms with Crippen LogP contribution in [0, 0.1) is 0 Å². The molecule has 1 aromatic heterocycles. The van der Waals surface area contributed by atoms with Gasteiger partial charge in [-0.2, -0.15) is 5.10 Å². The monoisotopic (exact) mass is 400 g/mol. The SMILES string of the molecule is O=C(CN1C(=O)COc2ccccc21)N/N=C\c1ccc(N2CCOCC2)s1. The highest BCUT2D eigenvalue weighted by atomic mass is 32.1. The van der Waals surface area contributed by atoms with E-state index in [0.717, 1.165) is 36.2 Å². The summed E-state index contributed by atoms with van der Waals surface area (Å²) in [7, 11) is 0. The summed E-state index contributed by atoms with van der Waals surface area (Å²) in [4.78, 5) is 29.0. The zero-order valence-electron chi connectivity index (χ0n) is 15.2. The van der Waals surface area contributed by atoms with Gasteiger partial charge in [0.1, 0.15) is 12.3 Å². The van der Waals surface area contributed by atoms with E-state index < -0.39 is 0 Å². The zero-order valence-corrected chi connectivity index (χ0v) is 16.0. The lowest BCUT2D eigenvalue weighted by Gasteiger charge is -2.28. The molecule has 8 nitrogen and oxygen atoms in total. The molecule has 2 aliphatic heterocycles. The molecular weight excluding hydrogens is 380 g/mol. The Balaban J connectivity index is 1.33. The van der Waals surface area contributed by atoms with Crippen molar-refractivity contribution in [2.24, 2.45) is 5.10 Å². The molecule has 9 heteroatoms. The van der Waals surface area contributed by atoms with Crippen LogP contribution in [-0.2, 0) is 14.3 Å². The van der Waals surface area contributed by atoms with Crippen molar-refractivity contribution in [2.75, 3.05) is 49.3 Å². The van der Waals surface area contributed by atoms with Gasteiger partial charge in [-0.05, 0) is 24.3 Å². The molecule has 2 aromatic rings. The molecule has 28 heavy (non-hydrogen) atoms. The summed E-state index contributed by atoms with van der Waals surface area (Å²) in [5, 5.41) is 5.18. The van der Waals surface area contributed by atoms with E-state index in [1.807, 2.05) is 18.2 Å². The number of anilines is 2. The van der Waals surface area contributed by atoms with Gasteiger partial charge in [-0.1, -0.05) is 12.1 Å². The molecule has 2 amide bonds. The molecule has 1 N–H and O–H groups in total. The molecule has 0 atom stereocenters. The molecule has 3 heterocycles. The standard InChI is InChI=1S/C19H20N4O4S/c24-17(12-23-15-3-1-2-4-16(15)27-13-18(23)25)21-20-11-14-5-6-19(28-14)22-7-9-26-10-8-22/h1-6,11H,7-10,12-13H2,(H,21,24)/b20-11-. The zero-order chi connectivity index (χ0) is 19.3. The van der Waals surface area contributed by atoms with E-state index in [4.69, 9.17) is 9.47 Å². The van der Waals surface area contributed by atoms with Gasteiger partial charge in [-0.3, -0.25) is 14.5 Å². The summed E-state index contributed by atoms with van der Waals surface area (Å²) in [6.45, 7) is 3.04. The Morgan fingerprint density at radius 2 is 2.04 bits per heavy atom. The summed E-state index contributed by atoms with van der Waals surface area (Å²) < 4.78 is 10.7. The van der Waals surface area contributed by atoms with Crippen molar-refractivity contribution in [1.82, 2.24) is 5.43 Å². The van der Waals surface area contributed by atoms with E-state index in [1.54, 1.807) is 35.8 Å². The van der Waals surface area contributed by atoms with Crippen LogP contribution in [0.25, 0.3) is 0 Å². The third-order valence-electron chi connectivity index (χ3n) is 4.43. The normalized spacial score (nSPS) is 16.8. The quantitative estimate of drug-likeness (QED) is 0.607. The maximum absolute atomic E-state index is 12.2. The highest BCUT2D eigenvalue weighted by Gasteiger charge is 2.26. The lowest BCUT2D eigenvalue weighted by molar-refractivity contribution is -0.125. The van der Waals surface area contributed by atoms with Crippen molar-refractivity contribution in [2.45, 2.75) is 0 Å². The second-order valence-corrected chi connectivity index (χ2v) is 7.40. The Morgan fingerprint density at radius 1 is 1.21 bits per heavy atom. The number of hydrogen-bond donors (Lipinski definition) is 1. The third kappa shape index (κ3) is 4.15. The largest absolute Gasteiger partial charge is 0.482 e. The molecule has 0 aliphatic carbocycles. The van der Waals surface area contributed by atoms with Crippen LogP contribution in [0.2, 0.25) is 0 Å². The molecule has 146 valence electrons. The molecule has 0 saturated carbocycles. The lowest BCUT2D eigenvalue weighted by atomic mass is 10.2. The molecular formula is C19H20N4O4S. The number of rotatable bonds is 5. The number of para-hydroxylation sites is 2. The third-order valence-corrected chi connectivity index (χ3v) is 5.51. The van der Waals surface area contributed by atoms with E-state index in [0.29, 0.717) is 11.4 Å². The Hall–Kier alpha value is -2.91. The van der Waals surface area contributed by atoms with Crippen molar-refractivity contribution >= 4 is 40.1 Å². The second-order valence-electron chi connectivity index (χ2n) is 6.30. The average Bonchev–Trinajstić information content (AvgIpc) is 3.20. The second kappa shape index (κ2) is 8.41. The fourth-order valence-electron chi connectivity index (χ4n) is 3.04. The van der Waals surface area contributed by atoms with Crippen molar-refractivity contribution in [3.8, 4) is 5.75 Å². The van der Waals surface area contributed by atoms with Crippen molar-refractivity contribution < 1.29 is 19.1 Å². The van der Waals surface area contributed by atoms with Gasteiger partial charge in [0.2, 0.25) is 0 Å². The number of hydrogen-bond acceptors (Lipinski definition) is 7. The predicted octanol–water partition coefficient (Wildman–Crippen LogP) is 1.46. The number of morpholine rings is 1. The molecule has 0 unspecified atom stereocenters. The van der Waals surface area contributed by atoms with Gasteiger partial charge in [0.25, 0.3) is 11.8 Å². The smallest absolute Gasteiger partial charge is 0.265 e. The predicted molar refractivity (Wildman–Crippen MR) is 107 cm³/mol. The summed E-state index contributed by atoms with van der Waals surface area (Å²) in [5.41, 5.74) is 3.08. The number of carbonyl (C=O) groups excluding carboxylic acids is 2. The van der Waals surface area contributed by atoms with Gasteiger partial charge in [-0.15, -0.1) is 11.3 Å². The molecule has 1 saturated heterocycles. The van der Waals surface area contributed by atoms with Crippen LogP contribution >= 0.6 is 11.3 Å². The maximum atomic E-state index is 12.2. The molecule has 2 aliphatic rings. The number of thiophene rings is 1. The number of amides is 2. The molecule has 1 fully saturated rings. The summed E-state index contributed by atoms with van der Waals surface area (Å²) in [5.74, 6) is -0.0369. The number of benzene rings is 1. The lowest BCUT2D eigenvalue weighted by Crippen LogP contribution is -2.44. The van der Waals surface area contributed by atoms with Gasteiger partial charge >= 0.3 is 0 Å². The van der Waals surface area contributed by atoms with Crippen LogP contribution in [-0.4, -0.2) is 57.5 Å². The Morgan fingerprint density at radius 3 is 2.89 bits per heavy atom. The van der Waals surface area contributed by atoms with Crippen LogP contribution in [0.3, 0.4) is 0 Å². The minimum absolute atomic E-state index is 0.0763. The highest BCUT2D eigenvalue weighted by molar-refractivity contribution is 7.17. The number of carbonyl (C=O) groups is 2. The van der Waals surface area contributed by atoms with E-state index >= 15 is 0 Å². The van der Waals surface area contributed by atoms with Gasteiger partial charge < -0.3 is 14.4 Å². The number of nitrogens with one attached hydrogen (secondary N) is 1. The fraction of sp³-hybridized carbons (Fsp3) is 0.316. The van der Waals surface area contributed by atoms with Gasteiger partial charge in [0.15, 0.2) is 6.61 Å². The highest BCUT2D eigenvalue weighted by Crippen LogP contribution is 2.31. The minimum atomic E-state index is -0.369. The molecule has 0 bridgehead atoms. The minimum Gasteiger partial charge on any atom is -0.482 e. The summed E-state index contributed by atoms with van der Waals surface area (Å²) in [6.07, 6.45) is 1.61. The van der Waals surface area contributed by atoms with E-state index in [1.165, 1.54) is 4.90 Å². The van der Waals surface area contributed by atoms with Crippen molar-refractivity contribution in [1.29, 1.82) is 0 Å². The summed E-state index contributed by atoms with van der Waals surface area (Å²) in [6, 6.07) is 11.2. The van der Waals surface area contributed by atoms with E-state index in [-0.39, 0.29) is 25.0 Å². The van der Waals surface area contributed by atoms with Crippen molar-refractivity contribution in [3.05, 3.63) is 41.3 Å². The first-order valence-corrected chi connectivity index (χ1v) is 9.79. The molecule has 0 radical (unpaired) electrons. The van der Waals surface area contributed by atoms with Crippen LogP contribution in [0.4, 0.5) is 10.7 Å². The Labute approximate surface area is 166 Å². The summed E-state index contributed by atoms with van der Waals surface area (Å²) >= 11 is 1.61. The number of hydrazone groups is 1. The van der Waals surface area contributed by atoms with Gasteiger partial charge in [0.05, 0.1) is 30.1 Å². The fourth-order valence-corrected chi connectivity index (χ4v) is 3.97. The molecule has 0 spiro atoms. The van der Waals surface area contributed by atoms with Crippen molar-refractivity contribution in [3.63, 3.8) is 0 Å². The number of ether oxygens (including phenoxy) is 2. The number of fused-ring (bicyclic) bond motifs is 1. The Kier molecular flexibility index (Phi) is 5.54. The first-order valence-electron chi connectivity index (χ1n) is 8.97. The van der Waals surface area contributed by atoms with Gasteiger partial charge in [-0.25, -0.2) is 5.43 Å². The Bertz CT molecular complexity index is 892. The average molecular weight is 400 g/mol. The number of nitrogens with zero attached hydrogens (tertiary/aromatic N) is 3. The first-order chi connectivity index (χ1) is 13.7.